The van der Waals surface area contributed by atoms with Crippen LogP contribution in [0.5, 0.6) is 0 Å². The second-order valence-corrected chi connectivity index (χ2v) is 3.83. The molecule has 0 unspecified atom stereocenters. The van der Waals surface area contributed by atoms with Gasteiger partial charge < -0.3 is 5.32 Å². The standard InChI is InChI=1S/C13H11N5/c1-9-11(8-15)13(18(2)17-9)16-12-6-4-3-5-10(12)7-14/h3-6,16H,1-2H3. The summed E-state index contributed by atoms with van der Waals surface area (Å²) in [5, 5.41) is 25.4. The first-order chi connectivity index (χ1) is 8.67. The fraction of sp³-hybridized carbons (Fsp3) is 0.154. The van der Waals surface area contributed by atoms with Gasteiger partial charge in [0.1, 0.15) is 23.5 Å². The molecule has 0 amide bonds. The summed E-state index contributed by atoms with van der Waals surface area (Å²) in [7, 11) is 1.76. The Kier molecular flexibility index (Phi) is 2.99. The topological polar surface area (TPSA) is 77.4 Å². The zero-order chi connectivity index (χ0) is 13.1. The summed E-state index contributed by atoms with van der Waals surface area (Å²) in [5.41, 5.74) is 2.35. The number of rotatable bonds is 2. The van der Waals surface area contributed by atoms with Gasteiger partial charge in [0.05, 0.1) is 16.9 Å². The first-order valence-electron chi connectivity index (χ1n) is 5.37. The molecular weight excluding hydrogens is 226 g/mol. The van der Waals surface area contributed by atoms with Crippen LogP contribution >= 0.6 is 0 Å². The Bertz CT molecular complexity index is 670. The first kappa shape index (κ1) is 11.7. The van der Waals surface area contributed by atoms with Crippen LogP contribution in [0.3, 0.4) is 0 Å². The molecule has 0 aliphatic heterocycles. The van der Waals surface area contributed by atoms with E-state index in [1.807, 2.05) is 6.07 Å². The monoisotopic (exact) mass is 237 g/mol. The zero-order valence-corrected chi connectivity index (χ0v) is 10.1. The van der Waals surface area contributed by atoms with Gasteiger partial charge in [0.2, 0.25) is 0 Å². The average Bonchev–Trinajstić information content (AvgIpc) is 2.64. The van der Waals surface area contributed by atoms with E-state index in [9.17, 15) is 0 Å². The maximum atomic E-state index is 9.11. The number of nitriles is 2. The molecule has 1 N–H and O–H groups in total. The van der Waals surface area contributed by atoms with E-state index in [-0.39, 0.29) is 0 Å². The van der Waals surface area contributed by atoms with Gasteiger partial charge in [-0.15, -0.1) is 0 Å². The third kappa shape index (κ3) is 1.90. The van der Waals surface area contributed by atoms with Crippen LogP contribution in [-0.4, -0.2) is 9.78 Å². The maximum Gasteiger partial charge on any atom is 0.146 e. The van der Waals surface area contributed by atoms with E-state index in [4.69, 9.17) is 10.5 Å². The lowest BCUT2D eigenvalue weighted by Gasteiger charge is -2.08. The van der Waals surface area contributed by atoms with Crippen molar-refractivity contribution in [2.45, 2.75) is 6.92 Å². The minimum Gasteiger partial charge on any atom is -0.338 e. The summed E-state index contributed by atoms with van der Waals surface area (Å²) in [4.78, 5) is 0. The summed E-state index contributed by atoms with van der Waals surface area (Å²) >= 11 is 0. The lowest BCUT2D eigenvalue weighted by molar-refractivity contribution is 0.765. The molecule has 0 atom stereocenters. The highest BCUT2D eigenvalue weighted by molar-refractivity contribution is 5.69. The van der Waals surface area contributed by atoms with E-state index >= 15 is 0 Å². The third-order valence-corrected chi connectivity index (χ3v) is 2.63. The second-order valence-electron chi connectivity index (χ2n) is 3.83. The normalized spacial score (nSPS) is 9.56. The van der Waals surface area contributed by atoms with Crippen LogP contribution in [0.25, 0.3) is 0 Å². The first-order valence-corrected chi connectivity index (χ1v) is 5.37. The quantitative estimate of drug-likeness (QED) is 0.868. The molecule has 2 rings (SSSR count). The van der Waals surface area contributed by atoms with Crippen LogP contribution in [0.4, 0.5) is 11.5 Å². The van der Waals surface area contributed by atoms with Gasteiger partial charge in [-0.2, -0.15) is 15.6 Å². The van der Waals surface area contributed by atoms with E-state index in [0.29, 0.717) is 28.3 Å². The maximum absolute atomic E-state index is 9.11. The average molecular weight is 237 g/mol. The Morgan fingerprint density at radius 3 is 2.61 bits per heavy atom. The van der Waals surface area contributed by atoms with Crippen molar-refractivity contribution in [1.82, 2.24) is 9.78 Å². The Morgan fingerprint density at radius 2 is 1.94 bits per heavy atom. The van der Waals surface area contributed by atoms with Crippen molar-refractivity contribution in [3.8, 4) is 12.1 Å². The molecule has 1 aromatic heterocycles. The van der Waals surface area contributed by atoms with Gasteiger partial charge in [-0.1, -0.05) is 12.1 Å². The summed E-state index contributed by atoms with van der Waals surface area (Å²) in [6, 6.07) is 11.4. The third-order valence-electron chi connectivity index (χ3n) is 2.63. The summed E-state index contributed by atoms with van der Waals surface area (Å²) < 4.78 is 1.60. The minimum atomic E-state index is 0.491. The predicted molar refractivity (Wildman–Crippen MR) is 67.1 cm³/mol. The highest BCUT2D eigenvalue weighted by atomic mass is 15.3. The molecule has 0 radical (unpaired) electrons. The molecule has 2 aromatic rings. The van der Waals surface area contributed by atoms with E-state index < -0.39 is 0 Å². The van der Waals surface area contributed by atoms with E-state index in [1.165, 1.54) is 0 Å². The van der Waals surface area contributed by atoms with Crippen LogP contribution in [0, 0.1) is 29.6 Å². The molecule has 0 aliphatic rings. The zero-order valence-electron chi connectivity index (χ0n) is 10.1. The molecule has 0 fully saturated rings. The van der Waals surface area contributed by atoms with E-state index in [2.05, 4.69) is 22.6 Å². The lowest BCUT2D eigenvalue weighted by Crippen LogP contribution is -2.01. The highest BCUT2D eigenvalue weighted by Gasteiger charge is 2.13. The van der Waals surface area contributed by atoms with Gasteiger partial charge in [-0.05, 0) is 19.1 Å². The van der Waals surface area contributed by atoms with Crippen LogP contribution in [-0.2, 0) is 7.05 Å². The van der Waals surface area contributed by atoms with Gasteiger partial charge in [0.25, 0.3) is 0 Å². The van der Waals surface area contributed by atoms with E-state index in [0.717, 1.165) is 0 Å². The smallest absolute Gasteiger partial charge is 0.146 e. The van der Waals surface area contributed by atoms with Crippen molar-refractivity contribution in [2.75, 3.05) is 5.32 Å². The van der Waals surface area contributed by atoms with Crippen molar-refractivity contribution in [3.05, 3.63) is 41.1 Å². The number of benzene rings is 1. The number of aryl methyl sites for hydroxylation is 2. The van der Waals surface area contributed by atoms with Crippen LogP contribution in [0.15, 0.2) is 24.3 Å². The van der Waals surface area contributed by atoms with Crippen molar-refractivity contribution in [1.29, 1.82) is 10.5 Å². The molecule has 1 heterocycles. The fourth-order valence-corrected chi connectivity index (χ4v) is 1.75. The summed E-state index contributed by atoms with van der Waals surface area (Å²) in [5.74, 6) is 0.595. The summed E-state index contributed by atoms with van der Waals surface area (Å²) in [6.45, 7) is 1.78. The number of aromatic nitrogens is 2. The number of hydrogen-bond donors (Lipinski definition) is 1. The lowest BCUT2D eigenvalue weighted by atomic mass is 10.2. The number of anilines is 2. The fourth-order valence-electron chi connectivity index (χ4n) is 1.75. The Labute approximate surface area is 105 Å². The molecule has 1 aromatic carbocycles. The predicted octanol–water partition coefficient (Wildman–Crippen LogP) is 2.22. The van der Waals surface area contributed by atoms with Gasteiger partial charge >= 0.3 is 0 Å². The number of nitrogens with zero attached hydrogens (tertiary/aromatic N) is 4. The van der Waals surface area contributed by atoms with Crippen LogP contribution < -0.4 is 5.32 Å². The number of para-hydroxylation sites is 1. The van der Waals surface area contributed by atoms with Crippen molar-refractivity contribution in [2.24, 2.45) is 7.05 Å². The van der Waals surface area contributed by atoms with E-state index in [1.54, 1.807) is 36.9 Å². The van der Waals surface area contributed by atoms with Gasteiger partial charge in [-0.3, -0.25) is 4.68 Å². The SMILES string of the molecule is Cc1nn(C)c(Nc2ccccc2C#N)c1C#N. The molecule has 0 saturated carbocycles. The summed E-state index contributed by atoms with van der Waals surface area (Å²) in [6.07, 6.45) is 0. The van der Waals surface area contributed by atoms with Gasteiger partial charge in [-0.25, -0.2) is 0 Å². The van der Waals surface area contributed by atoms with Crippen LogP contribution in [0.2, 0.25) is 0 Å². The molecule has 5 nitrogen and oxygen atoms in total. The molecular formula is C13H11N5. The molecule has 18 heavy (non-hydrogen) atoms. The molecule has 0 spiro atoms. The van der Waals surface area contributed by atoms with Crippen molar-refractivity contribution in [3.63, 3.8) is 0 Å². The Morgan fingerprint density at radius 1 is 1.22 bits per heavy atom. The Hall–Kier alpha value is -2.79. The largest absolute Gasteiger partial charge is 0.338 e. The molecule has 0 saturated heterocycles. The second kappa shape index (κ2) is 4.60. The molecule has 0 bridgehead atoms. The highest BCUT2D eigenvalue weighted by Crippen LogP contribution is 2.24. The number of nitrogens with one attached hydrogen (secondary N) is 1. The molecule has 88 valence electrons. The molecule has 5 heteroatoms. The molecule has 0 aliphatic carbocycles. The van der Waals surface area contributed by atoms with Crippen LogP contribution in [0.1, 0.15) is 16.8 Å². The Balaban J connectivity index is 2.48. The van der Waals surface area contributed by atoms with Gasteiger partial charge in [0, 0.05) is 7.05 Å². The van der Waals surface area contributed by atoms with Crippen molar-refractivity contribution >= 4 is 11.5 Å². The van der Waals surface area contributed by atoms with Crippen molar-refractivity contribution < 1.29 is 0 Å². The van der Waals surface area contributed by atoms with Gasteiger partial charge in [0.15, 0.2) is 0 Å². The minimum absolute atomic E-state index is 0.491. The number of hydrogen-bond acceptors (Lipinski definition) is 4.